The third-order valence-electron chi connectivity index (χ3n) is 6.07. The van der Waals surface area contributed by atoms with Crippen molar-refractivity contribution in [2.24, 2.45) is 5.92 Å². The molecule has 4 aromatic heterocycles. The summed E-state index contributed by atoms with van der Waals surface area (Å²) in [6, 6.07) is 5.40. The van der Waals surface area contributed by atoms with Gasteiger partial charge in [-0.3, -0.25) is 0 Å². The van der Waals surface area contributed by atoms with E-state index in [9.17, 15) is 8.78 Å². The molecule has 1 saturated carbocycles. The average Bonchev–Trinajstić information content (AvgIpc) is 3.40. The van der Waals surface area contributed by atoms with Gasteiger partial charge < -0.3 is 15.2 Å². The summed E-state index contributed by atoms with van der Waals surface area (Å²) in [7, 11) is 3.88. The van der Waals surface area contributed by atoms with E-state index in [0.717, 1.165) is 17.0 Å². The Morgan fingerprint density at radius 2 is 1.86 bits per heavy atom. The fourth-order valence-electron chi connectivity index (χ4n) is 4.06. The third-order valence-corrected chi connectivity index (χ3v) is 6.07. The lowest BCUT2D eigenvalue weighted by Gasteiger charge is -2.15. The number of hydrogen-bond donors (Lipinski definition) is 1. The maximum Gasteiger partial charge on any atom is 0.256 e. The van der Waals surface area contributed by atoms with Gasteiger partial charge >= 0.3 is 0 Å². The number of nitrogens with two attached hydrogens (primary N) is 1. The first kappa shape index (κ1) is 27.0. The number of rotatable bonds is 4. The van der Waals surface area contributed by atoms with E-state index >= 15 is 0 Å². The van der Waals surface area contributed by atoms with E-state index in [1.54, 1.807) is 42.2 Å². The number of aryl methyl sites for hydroxylation is 1. The van der Waals surface area contributed by atoms with Crippen molar-refractivity contribution in [1.29, 1.82) is 0 Å². The predicted octanol–water partition coefficient (Wildman–Crippen LogP) is 5.57. The molecule has 1 fully saturated rings. The van der Waals surface area contributed by atoms with Crippen molar-refractivity contribution in [3.05, 3.63) is 49.2 Å². The number of pyridine rings is 1. The molecule has 1 aliphatic rings. The number of alkyl halides is 2. The molecule has 0 radical (unpaired) electrons. The molecule has 4 heterocycles. The molecule has 1 aliphatic carbocycles. The highest BCUT2D eigenvalue weighted by Gasteiger charge is 2.15. The van der Waals surface area contributed by atoms with Gasteiger partial charge in [-0.05, 0) is 37.2 Å². The summed E-state index contributed by atoms with van der Waals surface area (Å²) in [4.78, 5) is 14.7. The van der Waals surface area contributed by atoms with Crippen molar-refractivity contribution < 1.29 is 8.78 Å². The molecule has 0 aromatic carbocycles. The van der Waals surface area contributed by atoms with E-state index in [1.807, 2.05) is 25.1 Å². The number of nitrogen functional groups attached to an aromatic ring is 1. The van der Waals surface area contributed by atoms with Crippen molar-refractivity contribution in [3.63, 3.8) is 0 Å². The van der Waals surface area contributed by atoms with Crippen molar-refractivity contribution >= 4 is 22.6 Å². The molecule has 10 heteroatoms. The maximum absolute atomic E-state index is 12.8. The van der Waals surface area contributed by atoms with Gasteiger partial charge in [-0.1, -0.05) is 45.6 Å². The van der Waals surface area contributed by atoms with E-state index in [4.69, 9.17) is 5.73 Å². The second-order valence-corrected chi connectivity index (χ2v) is 9.26. The van der Waals surface area contributed by atoms with Gasteiger partial charge in [-0.15, -0.1) is 5.10 Å². The molecule has 36 heavy (non-hydrogen) atoms. The van der Waals surface area contributed by atoms with Gasteiger partial charge in [0, 0.05) is 25.9 Å². The average molecular weight is 499 g/mol. The molecule has 8 nitrogen and oxygen atoms in total. The van der Waals surface area contributed by atoms with Crippen LogP contribution < -0.4 is 5.73 Å². The topological polar surface area (TPSA) is 90.2 Å². The second-order valence-electron chi connectivity index (χ2n) is 9.26. The van der Waals surface area contributed by atoms with Gasteiger partial charge in [0.2, 0.25) is 5.95 Å². The zero-order chi connectivity index (χ0) is 26.2. The quantitative estimate of drug-likeness (QED) is 0.395. The minimum Gasteiger partial charge on any atom is -0.384 e. The van der Waals surface area contributed by atoms with Crippen molar-refractivity contribution in [2.45, 2.75) is 58.9 Å². The lowest BCUT2D eigenvalue weighted by molar-refractivity contribution is 0.127. The smallest absolute Gasteiger partial charge is 0.256 e. The van der Waals surface area contributed by atoms with Gasteiger partial charge in [-0.2, -0.15) is 0 Å². The van der Waals surface area contributed by atoms with Crippen LogP contribution in [0.3, 0.4) is 0 Å². The standard InChI is InChI=1S/C15H13F2N7.C7H14.C4H9N/c1-8-20-11-3-2-10(21-14(11)23(8)7-13(16)17)9-4-5-24-12(9)6-19-15(18)22-24;1-7-5-3-2-4-6-7;1-4-5(2)3/h2-6,13H,7H2,1H3,(H2,18,22);7H,2-6H2,1H3;4H,1H2,2-3H3. The number of imidazole rings is 1. The van der Waals surface area contributed by atoms with Crippen LogP contribution >= 0.6 is 0 Å². The summed E-state index contributed by atoms with van der Waals surface area (Å²) in [6.07, 6.45) is 10.1. The zero-order valence-corrected chi connectivity index (χ0v) is 21.5. The Labute approximate surface area is 210 Å². The second kappa shape index (κ2) is 12.4. The van der Waals surface area contributed by atoms with Crippen LogP contribution in [0.25, 0.3) is 27.9 Å². The maximum atomic E-state index is 12.8. The zero-order valence-electron chi connectivity index (χ0n) is 21.5. The molecule has 0 unspecified atom stereocenters. The van der Waals surface area contributed by atoms with Crippen LogP contribution in [0.2, 0.25) is 0 Å². The van der Waals surface area contributed by atoms with E-state index in [0.29, 0.717) is 22.7 Å². The van der Waals surface area contributed by atoms with Crippen LogP contribution in [0.5, 0.6) is 0 Å². The van der Waals surface area contributed by atoms with Crippen molar-refractivity contribution in [1.82, 2.24) is 34.0 Å². The molecular weight excluding hydrogens is 462 g/mol. The van der Waals surface area contributed by atoms with Crippen LogP contribution in [-0.4, -0.2) is 54.6 Å². The summed E-state index contributed by atoms with van der Waals surface area (Å²) >= 11 is 0. The van der Waals surface area contributed by atoms with Crippen LogP contribution in [-0.2, 0) is 6.54 Å². The van der Waals surface area contributed by atoms with Crippen LogP contribution in [0, 0.1) is 12.8 Å². The van der Waals surface area contributed by atoms with Gasteiger partial charge in [0.25, 0.3) is 6.43 Å². The first-order chi connectivity index (χ1) is 17.2. The minimum absolute atomic E-state index is 0.165. The molecule has 0 spiro atoms. The number of anilines is 1. The largest absolute Gasteiger partial charge is 0.384 e. The highest BCUT2D eigenvalue weighted by Crippen LogP contribution is 2.26. The number of aromatic nitrogens is 6. The highest BCUT2D eigenvalue weighted by molar-refractivity contribution is 5.82. The van der Waals surface area contributed by atoms with Gasteiger partial charge in [0.15, 0.2) is 5.65 Å². The van der Waals surface area contributed by atoms with Crippen LogP contribution in [0.4, 0.5) is 14.7 Å². The number of halogens is 2. The lowest BCUT2D eigenvalue weighted by Crippen LogP contribution is -2.08. The molecule has 4 aromatic rings. The monoisotopic (exact) mass is 498 g/mol. The summed E-state index contributed by atoms with van der Waals surface area (Å²) in [5.74, 6) is 1.71. The van der Waals surface area contributed by atoms with Gasteiger partial charge in [0.1, 0.15) is 11.3 Å². The summed E-state index contributed by atoms with van der Waals surface area (Å²) in [5, 5.41) is 4.08. The van der Waals surface area contributed by atoms with Gasteiger partial charge in [0.05, 0.1) is 24.0 Å². The molecule has 2 N–H and O–H groups in total. The van der Waals surface area contributed by atoms with Crippen LogP contribution in [0.1, 0.15) is 44.9 Å². The summed E-state index contributed by atoms with van der Waals surface area (Å²) in [6.45, 7) is 7.10. The van der Waals surface area contributed by atoms with Crippen molar-refractivity contribution in [2.75, 3.05) is 19.8 Å². The van der Waals surface area contributed by atoms with E-state index < -0.39 is 13.0 Å². The Morgan fingerprint density at radius 1 is 1.17 bits per heavy atom. The lowest BCUT2D eigenvalue weighted by atomic mass is 9.91. The Morgan fingerprint density at radius 3 is 2.44 bits per heavy atom. The molecule has 5 rings (SSSR count). The molecular formula is C26H36F2N8. The van der Waals surface area contributed by atoms with E-state index in [2.05, 4.69) is 33.6 Å². The highest BCUT2D eigenvalue weighted by atomic mass is 19.3. The Balaban J connectivity index is 0.000000249. The van der Waals surface area contributed by atoms with E-state index in [1.165, 1.54) is 36.7 Å². The first-order valence-corrected chi connectivity index (χ1v) is 12.2. The molecule has 0 amide bonds. The molecule has 0 aliphatic heterocycles. The molecule has 0 bridgehead atoms. The SMILES string of the molecule is C=CN(C)C.CC1CCCCC1.Cc1nc2ccc(-c3ccn4nc(N)ncc34)nc2n1CC(F)F. The fraction of sp³-hybridized carbons (Fsp3) is 0.462. The summed E-state index contributed by atoms with van der Waals surface area (Å²) in [5.41, 5.74) is 8.74. The molecule has 0 atom stereocenters. The molecule has 194 valence electrons. The normalized spacial score (nSPS) is 13.8. The Kier molecular flexibility index (Phi) is 9.32. The first-order valence-electron chi connectivity index (χ1n) is 12.2. The number of nitrogens with zero attached hydrogens (tertiary/aromatic N) is 7. The van der Waals surface area contributed by atoms with Crippen LogP contribution in [0.15, 0.2) is 43.4 Å². The van der Waals surface area contributed by atoms with Crippen molar-refractivity contribution in [3.8, 4) is 11.3 Å². The Bertz CT molecular complexity index is 1270. The summed E-state index contributed by atoms with van der Waals surface area (Å²) < 4.78 is 28.7. The number of hydrogen-bond acceptors (Lipinski definition) is 6. The predicted molar refractivity (Wildman–Crippen MR) is 141 cm³/mol. The van der Waals surface area contributed by atoms with Gasteiger partial charge in [-0.25, -0.2) is 28.2 Å². The third kappa shape index (κ3) is 6.99. The minimum atomic E-state index is -2.47. The Hall–Kier alpha value is -3.56. The molecule has 0 saturated heterocycles. The number of fused-ring (bicyclic) bond motifs is 2. The van der Waals surface area contributed by atoms with E-state index in [-0.39, 0.29) is 5.95 Å². The fourth-order valence-corrected chi connectivity index (χ4v) is 4.06.